The lowest BCUT2D eigenvalue weighted by Gasteiger charge is -2.38. The van der Waals surface area contributed by atoms with Crippen LogP contribution in [0.25, 0.3) is 10.8 Å². The van der Waals surface area contributed by atoms with E-state index < -0.39 is 0 Å². The van der Waals surface area contributed by atoms with Crippen LogP contribution in [0.2, 0.25) is 0 Å². The van der Waals surface area contributed by atoms with Crippen molar-refractivity contribution < 1.29 is 4.74 Å². The van der Waals surface area contributed by atoms with Gasteiger partial charge in [-0.15, -0.1) is 0 Å². The molecular weight excluding hydrogens is 318 g/mol. The molecule has 0 spiro atoms. The predicted octanol–water partition coefficient (Wildman–Crippen LogP) is 6.16. The molecule has 0 radical (unpaired) electrons. The van der Waals surface area contributed by atoms with Crippen molar-refractivity contribution in [1.29, 1.82) is 0 Å². The van der Waals surface area contributed by atoms with E-state index in [1.54, 1.807) is 0 Å². The highest BCUT2D eigenvalue weighted by molar-refractivity contribution is 5.84. The molecule has 2 heteroatoms. The van der Waals surface area contributed by atoms with Gasteiger partial charge in [-0.2, -0.15) is 0 Å². The summed E-state index contributed by atoms with van der Waals surface area (Å²) in [6.07, 6.45) is 8.75. The molecule has 0 heterocycles. The van der Waals surface area contributed by atoms with Crippen LogP contribution in [0.5, 0.6) is 5.75 Å². The fourth-order valence-electron chi connectivity index (χ4n) is 4.69. The second-order valence-electron chi connectivity index (χ2n) is 9.69. The molecule has 2 aliphatic rings. The van der Waals surface area contributed by atoms with E-state index in [1.807, 2.05) is 0 Å². The SMILES string of the molecule is CC(C)(C)[C@H]1CC[C@H](Oc2ccc3cc(C4(N)CCC4)ccc3c2)CC1. The summed E-state index contributed by atoms with van der Waals surface area (Å²) in [6.45, 7) is 7.10. The summed E-state index contributed by atoms with van der Waals surface area (Å²) in [5.41, 5.74) is 8.10. The monoisotopic (exact) mass is 351 g/mol. The average molecular weight is 352 g/mol. The summed E-state index contributed by atoms with van der Waals surface area (Å²) in [7, 11) is 0. The lowest BCUT2D eigenvalue weighted by atomic mass is 9.72. The van der Waals surface area contributed by atoms with Crippen molar-refractivity contribution in [2.24, 2.45) is 17.1 Å². The Morgan fingerprint density at radius 2 is 1.58 bits per heavy atom. The Hall–Kier alpha value is -1.54. The van der Waals surface area contributed by atoms with Crippen molar-refractivity contribution in [1.82, 2.24) is 0 Å². The van der Waals surface area contributed by atoms with Crippen molar-refractivity contribution in [2.45, 2.75) is 77.4 Å². The first kappa shape index (κ1) is 17.9. The minimum absolute atomic E-state index is 0.0882. The maximum atomic E-state index is 6.49. The highest BCUT2D eigenvalue weighted by Crippen LogP contribution is 2.41. The molecule has 2 saturated carbocycles. The van der Waals surface area contributed by atoms with E-state index in [4.69, 9.17) is 10.5 Å². The zero-order valence-electron chi connectivity index (χ0n) is 16.6. The quantitative estimate of drug-likeness (QED) is 0.718. The Morgan fingerprint density at radius 1 is 0.923 bits per heavy atom. The van der Waals surface area contributed by atoms with Crippen LogP contribution in [-0.4, -0.2) is 6.10 Å². The molecule has 0 aliphatic heterocycles. The number of hydrogen-bond acceptors (Lipinski definition) is 2. The maximum absolute atomic E-state index is 6.49. The molecular formula is C24H33NO. The summed E-state index contributed by atoms with van der Waals surface area (Å²) >= 11 is 0. The van der Waals surface area contributed by atoms with Crippen molar-refractivity contribution in [3.05, 3.63) is 42.0 Å². The number of hydrogen-bond donors (Lipinski definition) is 1. The van der Waals surface area contributed by atoms with Gasteiger partial charge in [0.05, 0.1) is 6.10 Å². The molecule has 0 aromatic heterocycles. The van der Waals surface area contributed by atoms with Gasteiger partial charge in [-0.25, -0.2) is 0 Å². The number of benzene rings is 2. The van der Waals surface area contributed by atoms with Gasteiger partial charge in [0.1, 0.15) is 5.75 Å². The largest absolute Gasteiger partial charge is 0.490 e. The maximum Gasteiger partial charge on any atom is 0.120 e. The van der Waals surface area contributed by atoms with Gasteiger partial charge in [-0.3, -0.25) is 0 Å². The van der Waals surface area contributed by atoms with E-state index in [0.29, 0.717) is 11.5 Å². The Balaban J connectivity index is 1.44. The van der Waals surface area contributed by atoms with Crippen molar-refractivity contribution in [2.75, 3.05) is 0 Å². The predicted molar refractivity (Wildman–Crippen MR) is 109 cm³/mol. The van der Waals surface area contributed by atoms with Crippen molar-refractivity contribution in [3.63, 3.8) is 0 Å². The molecule has 140 valence electrons. The third-order valence-electron chi connectivity index (χ3n) is 6.83. The van der Waals surface area contributed by atoms with E-state index in [0.717, 1.165) is 24.5 Å². The summed E-state index contributed by atoms with van der Waals surface area (Å²) in [5, 5.41) is 2.51. The van der Waals surface area contributed by atoms with Crippen LogP contribution in [0.15, 0.2) is 36.4 Å². The van der Waals surface area contributed by atoms with E-state index in [1.165, 1.54) is 48.4 Å². The van der Waals surface area contributed by atoms with E-state index in [9.17, 15) is 0 Å². The minimum Gasteiger partial charge on any atom is -0.490 e. The van der Waals surface area contributed by atoms with E-state index >= 15 is 0 Å². The van der Waals surface area contributed by atoms with Crippen LogP contribution < -0.4 is 10.5 Å². The second-order valence-corrected chi connectivity index (χ2v) is 9.69. The Kier molecular flexibility index (Phi) is 4.51. The first-order chi connectivity index (χ1) is 12.3. The first-order valence-electron chi connectivity index (χ1n) is 10.3. The van der Waals surface area contributed by atoms with Crippen molar-refractivity contribution in [3.8, 4) is 5.75 Å². The summed E-state index contributed by atoms with van der Waals surface area (Å²) < 4.78 is 6.33. The zero-order valence-corrected chi connectivity index (χ0v) is 16.6. The van der Waals surface area contributed by atoms with Gasteiger partial charge in [0.25, 0.3) is 0 Å². The first-order valence-corrected chi connectivity index (χ1v) is 10.3. The Bertz CT molecular complexity index is 776. The molecule has 2 nitrogen and oxygen atoms in total. The molecule has 2 N–H and O–H groups in total. The molecule has 0 saturated heterocycles. The molecule has 2 aromatic carbocycles. The van der Waals surface area contributed by atoms with Crippen LogP contribution in [0, 0.1) is 11.3 Å². The van der Waals surface area contributed by atoms with Crippen LogP contribution in [-0.2, 0) is 5.54 Å². The van der Waals surface area contributed by atoms with Gasteiger partial charge in [0, 0.05) is 5.54 Å². The van der Waals surface area contributed by atoms with Gasteiger partial charge in [0.15, 0.2) is 0 Å². The number of ether oxygens (including phenoxy) is 1. The number of fused-ring (bicyclic) bond motifs is 1. The van der Waals surface area contributed by atoms with Crippen LogP contribution in [0.4, 0.5) is 0 Å². The van der Waals surface area contributed by atoms with Gasteiger partial charge in [-0.1, -0.05) is 39.0 Å². The second kappa shape index (κ2) is 6.56. The van der Waals surface area contributed by atoms with E-state index in [2.05, 4.69) is 57.2 Å². The highest BCUT2D eigenvalue weighted by atomic mass is 16.5. The molecule has 0 amide bonds. The fraction of sp³-hybridized carbons (Fsp3) is 0.583. The van der Waals surface area contributed by atoms with Gasteiger partial charge in [0.2, 0.25) is 0 Å². The Morgan fingerprint density at radius 3 is 2.19 bits per heavy atom. The van der Waals surface area contributed by atoms with Gasteiger partial charge in [-0.05, 0) is 90.8 Å². The molecule has 0 unspecified atom stereocenters. The molecule has 4 rings (SSSR count). The fourth-order valence-corrected chi connectivity index (χ4v) is 4.69. The Labute approximate surface area is 158 Å². The van der Waals surface area contributed by atoms with Gasteiger partial charge >= 0.3 is 0 Å². The van der Waals surface area contributed by atoms with Gasteiger partial charge < -0.3 is 10.5 Å². The lowest BCUT2D eigenvalue weighted by Crippen LogP contribution is -2.43. The third-order valence-corrected chi connectivity index (χ3v) is 6.83. The van der Waals surface area contributed by atoms with E-state index in [-0.39, 0.29) is 5.54 Å². The molecule has 0 atom stereocenters. The minimum atomic E-state index is -0.0882. The molecule has 26 heavy (non-hydrogen) atoms. The van der Waals surface area contributed by atoms with Crippen LogP contribution in [0.3, 0.4) is 0 Å². The number of nitrogens with two attached hydrogens (primary N) is 1. The zero-order chi connectivity index (χ0) is 18.4. The lowest BCUT2D eigenvalue weighted by molar-refractivity contribution is 0.0883. The summed E-state index contributed by atoms with van der Waals surface area (Å²) in [5.74, 6) is 1.84. The summed E-state index contributed by atoms with van der Waals surface area (Å²) in [6, 6.07) is 13.2. The normalized spacial score (nSPS) is 25.7. The average Bonchev–Trinajstić information content (AvgIpc) is 2.59. The molecule has 2 aromatic rings. The smallest absolute Gasteiger partial charge is 0.120 e. The standard InChI is InChI=1S/C24H33NO/c1-23(2,3)19-8-11-21(12-9-19)26-22-10-6-17-15-20(7-5-18(17)16-22)24(25)13-4-14-24/h5-7,10,15-16,19,21H,4,8-9,11-14,25H2,1-3H3/t19-,21-. The highest BCUT2D eigenvalue weighted by Gasteiger charge is 2.34. The van der Waals surface area contributed by atoms with Crippen LogP contribution >= 0.6 is 0 Å². The third kappa shape index (κ3) is 3.49. The molecule has 2 aliphatic carbocycles. The molecule has 2 fully saturated rings. The molecule has 0 bridgehead atoms. The van der Waals surface area contributed by atoms with Crippen LogP contribution in [0.1, 0.15) is 71.3 Å². The summed E-state index contributed by atoms with van der Waals surface area (Å²) in [4.78, 5) is 0. The number of rotatable bonds is 3. The van der Waals surface area contributed by atoms with Crippen molar-refractivity contribution >= 4 is 10.8 Å². The topological polar surface area (TPSA) is 35.2 Å².